The molecule has 0 unspecified atom stereocenters. The molecule has 16 heavy (non-hydrogen) atoms. The highest BCUT2D eigenvalue weighted by atomic mass is 15.2. The zero-order valence-electron chi connectivity index (χ0n) is 9.61. The third-order valence-electron chi connectivity index (χ3n) is 2.39. The highest BCUT2D eigenvalue weighted by Gasteiger charge is 2.21. The summed E-state index contributed by atoms with van der Waals surface area (Å²) in [5.41, 5.74) is 0.996. The van der Waals surface area contributed by atoms with Crippen molar-refractivity contribution in [3.63, 3.8) is 0 Å². The zero-order chi connectivity index (χ0) is 11.2. The van der Waals surface area contributed by atoms with Gasteiger partial charge in [-0.05, 0) is 31.9 Å². The topological polar surface area (TPSA) is 49.3 Å². The molecule has 1 aliphatic rings. The van der Waals surface area contributed by atoms with Crippen LogP contribution in [0, 0.1) is 0 Å². The van der Waals surface area contributed by atoms with Crippen molar-refractivity contribution in [3.05, 3.63) is 30.1 Å². The lowest BCUT2D eigenvalue weighted by molar-refractivity contribution is 0.808. The first kappa shape index (κ1) is 10.9. The summed E-state index contributed by atoms with van der Waals surface area (Å²) in [7, 11) is 0. The Morgan fingerprint density at radius 1 is 1.50 bits per heavy atom. The molecule has 86 valence electrons. The van der Waals surface area contributed by atoms with Gasteiger partial charge in [0, 0.05) is 18.8 Å². The van der Waals surface area contributed by atoms with Crippen molar-refractivity contribution < 1.29 is 0 Å². The first-order valence-electron chi connectivity index (χ1n) is 5.83. The van der Waals surface area contributed by atoms with Gasteiger partial charge in [0.1, 0.15) is 0 Å². The van der Waals surface area contributed by atoms with Crippen molar-refractivity contribution in [1.29, 1.82) is 0 Å². The Morgan fingerprint density at radius 3 is 3.00 bits per heavy atom. The van der Waals surface area contributed by atoms with Crippen molar-refractivity contribution in [3.8, 4) is 0 Å². The summed E-state index contributed by atoms with van der Waals surface area (Å²) in [6, 6.07) is 6.52. The van der Waals surface area contributed by atoms with Gasteiger partial charge >= 0.3 is 0 Å². The van der Waals surface area contributed by atoms with Crippen LogP contribution < -0.4 is 10.6 Å². The van der Waals surface area contributed by atoms with Crippen LogP contribution in [0.3, 0.4) is 0 Å². The second-order valence-electron chi connectivity index (χ2n) is 3.93. The standard InChI is InChI=1S/C12H18N4/c1-2-13-12(16-10-6-7-10)15-9-11-5-3-4-8-14-11/h3-5,8,10H,2,6-7,9H2,1H3,(H2,13,15,16). The van der Waals surface area contributed by atoms with Gasteiger partial charge in [0.25, 0.3) is 0 Å². The third kappa shape index (κ3) is 3.53. The molecule has 0 spiro atoms. The molecule has 1 fully saturated rings. The quantitative estimate of drug-likeness (QED) is 0.591. The van der Waals surface area contributed by atoms with Crippen LogP contribution >= 0.6 is 0 Å². The summed E-state index contributed by atoms with van der Waals surface area (Å²) in [5.74, 6) is 0.899. The van der Waals surface area contributed by atoms with E-state index in [-0.39, 0.29) is 0 Å². The molecule has 1 aliphatic carbocycles. The summed E-state index contributed by atoms with van der Waals surface area (Å²) >= 11 is 0. The zero-order valence-corrected chi connectivity index (χ0v) is 9.61. The molecule has 0 aliphatic heterocycles. The molecule has 2 N–H and O–H groups in total. The molecule has 0 saturated heterocycles. The van der Waals surface area contributed by atoms with E-state index in [4.69, 9.17) is 0 Å². The predicted octanol–water partition coefficient (Wildman–Crippen LogP) is 1.30. The normalized spacial score (nSPS) is 15.9. The fraction of sp³-hybridized carbons (Fsp3) is 0.500. The average Bonchev–Trinajstić information content (AvgIpc) is 3.12. The average molecular weight is 218 g/mol. The molecule has 4 heteroatoms. The second kappa shape index (κ2) is 5.49. The fourth-order valence-electron chi connectivity index (χ4n) is 1.39. The maximum Gasteiger partial charge on any atom is 0.191 e. The van der Waals surface area contributed by atoms with E-state index in [1.807, 2.05) is 18.2 Å². The van der Waals surface area contributed by atoms with Crippen LogP contribution in [0.25, 0.3) is 0 Å². The van der Waals surface area contributed by atoms with Crippen LogP contribution in [0.15, 0.2) is 29.4 Å². The fourth-order valence-corrected chi connectivity index (χ4v) is 1.39. The number of aliphatic imine (C=N–C) groups is 1. The van der Waals surface area contributed by atoms with Gasteiger partial charge in [0.2, 0.25) is 0 Å². The van der Waals surface area contributed by atoms with Crippen LogP contribution in [-0.2, 0) is 6.54 Å². The number of hydrogen-bond acceptors (Lipinski definition) is 2. The van der Waals surface area contributed by atoms with Gasteiger partial charge in [0.05, 0.1) is 12.2 Å². The number of aromatic nitrogens is 1. The predicted molar refractivity (Wildman–Crippen MR) is 65.2 cm³/mol. The van der Waals surface area contributed by atoms with Gasteiger partial charge < -0.3 is 10.6 Å². The highest BCUT2D eigenvalue weighted by Crippen LogP contribution is 2.18. The van der Waals surface area contributed by atoms with Gasteiger partial charge in [-0.3, -0.25) is 4.98 Å². The Kier molecular flexibility index (Phi) is 3.75. The van der Waals surface area contributed by atoms with E-state index in [2.05, 4.69) is 27.5 Å². The highest BCUT2D eigenvalue weighted by molar-refractivity contribution is 5.80. The number of guanidine groups is 1. The molecule has 0 aromatic carbocycles. The number of pyridine rings is 1. The van der Waals surface area contributed by atoms with Crippen molar-refractivity contribution in [2.24, 2.45) is 4.99 Å². The van der Waals surface area contributed by atoms with Crippen molar-refractivity contribution in [2.75, 3.05) is 6.54 Å². The van der Waals surface area contributed by atoms with Gasteiger partial charge in [-0.1, -0.05) is 6.07 Å². The maximum absolute atomic E-state index is 4.50. The Labute approximate surface area is 96.2 Å². The molecular formula is C12H18N4. The minimum absolute atomic E-state index is 0.626. The first-order valence-corrected chi connectivity index (χ1v) is 5.83. The van der Waals surface area contributed by atoms with E-state index in [0.29, 0.717) is 12.6 Å². The molecule has 1 saturated carbocycles. The molecular weight excluding hydrogens is 200 g/mol. The van der Waals surface area contributed by atoms with E-state index in [9.17, 15) is 0 Å². The van der Waals surface area contributed by atoms with E-state index >= 15 is 0 Å². The van der Waals surface area contributed by atoms with E-state index < -0.39 is 0 Å². The molecule has 2 rings (SSSR count). The lowest BCUT2D eigenvalue weighted by atomic mass is 10.3. The van der Waals surface area contributed by atoms with E-state index in [1.165, 1.54) is 12.8 Å². The Morgan fingerprint density at radius 2 is 2.38 bits per heavy atom. The summed E-state index contributed by atoms with van der Waals surface area (Å²) in [6.45, 7) is 3.59. The minimum Gasteiger partial charge on any atom is -0.357 e. The van der Waals surface area contributed by atoms with Gasteiger partial charge in [0.15, 0.2) is 5.96 Å². The molecule has 1 aromatic heterocycles. The Balaban J connectivity index is 1.90. The Hall–Kier alpha value is -1.58. The van der Waals surface area contributed by atoms with Gasteiger partial charge in [-0.15, -0.1) is 0 Å². The molecule has 1 heterocycles. The molecule has 1 aromatic rings. The van der Waals surface area contributed by atoms with Crippen LogP contribution in [0.2, 0.25) is 0 Å². The number of rotatable bonds is 4. The lowest BCUT2D eigenvalue weighted by Gasteiger charge is -2.09. The van der Waals surface area contributed by atoms with E-state index in [0.717, 1.165) is 18.2 Å². The van der Waals surface area contributed by atoms with Crippen molar-refractivity contribution >= 4 is 5.96 Å². The molecule has 0 radical (unpaired) electrons. The molecule has 4 nitrogen and oxygen atoms in total. The van der Waals surface area contributed by atoms with Crippen LogP contribution in [0.1, 0.15) is 25.5 Å². The maximum atomic E-state index is 4.50. The van der Waals surface area contributed by atoms with Gasteiger partial charge in [-0.25, -0.2) is 4.99 Å². The monoisotopic (exact) mass is 218 g/mol. The number of nitrogens with zero attached hydrogens (tertiary/aromatic N) is 2. The number of hydrogen-bond donors (Lipinski definition) is 2. The Bertz CT molecular complexity index is 343. The summed E-state index contributed by atoms with van der Waals surface area (Å²) in [6.07, 6.45) is 4.31. The SMILES string of the molecule is CCNC(=NCc1ccccn1)NC1CC1. The van der Waals surface area contributed by atoms with Crippen molar-refractivity contribution in [1.82, 2.24) is 15.6 Å². The van der Waals surface area contributed by atoms with E-state index in [1.54, 1.807) is 6.20 Å². The largest absolute Gasteiger partial charge is 0.357 e. The summed E-state index contributed by atoms with van der Waals surface area (Å²) in [4.78, 5) is 8.74. The smallest absolute Gasteiger partial charge is 0.191 e. The summed E-state index contributed by atoms with van der Waals surface area (Å²) < 4.78 is 0. The second-order valence-corrected chi connectivity index (χ2v) is 3.93. The minimum atomic E-state index is 0.626. The molecule has 0 amide bonds. The molecule has 0 bridgehead atoms. The van der Waals surface area contributed by atoms with Crippen molar-refractivity contribution in [2.45, 2.75) is 32.4 Å². The molecule has 0 atom stereocenters. The van der Waals surface area contributed by atoms with Crippen LogP contribution in [0.5, 0.6) is 0 Å². The lowest BCUT2D eigenvalue weighted by Crippen LogP contribution is -2.38. The summed E-state index contributed by atoms with van der Waals surface area (Å²) in [5, 5.41) is 6.61. The van der Waals surface area contributed by atoms with Crippen LogP contribution in [-0.4, -0.2) is 23.5 Å². The first-order chi connectivity index (χ1) is 7.88. The van der Waals surface area contributed by atoms with Crippen LogP contribution in [0.4, 0.5) is 0 Å². The number of nitrogens with one attached hydrogen (secondary N) is 2. The third-order valence-corrected chi connectivity index (χ3v) is 2.39. The van der Waals surface area contributed by atoms with Gasteiger partial charge in [-0.2, -0.15) is 0 Å².